The fraction of sp³-hybridized carbons (Fsp3) is 0.250. The van der Waals surface area contributed by atoms with Crippen molar-refractivity contribution >= 4 is 44.8 Å². The van der Waals surface area contributed by atoms with Gasteiger partial charge in [0.25, 0.3) is 0 Å². The number of thiophene rings is 1. The SMILES string of the molecule is COC(=O)Cc1sc(NC(=O)Nc2cccs2)nc1C. The number of hydrogen-bond donors (Lipinski definition) is 2. The van der Waals surface area contributed by atoms with Crippen LogP contribution in [0.5, 0.6) is 0 Å². The molecule has 0 aliphatic carbocycles. The van der Waals surface area contributed by atoms with Crippen molar-refractivity contribution in [3.05, 3.63) is 28.1 Å². The number of carbonyl (C=O) groups is 2. The molecule has 2 N–H and O–H groups in total. The Balaban J connectivity index is 1.97. The van der Waals surface area contributed by atoms with Crippen LogP contribution in [0, 0.1) is 6.92 Å². The average molecular weight is 311 g/mol. The van der Waals surface area contributed by atoms with Gasteiger partial charge in [0.15, 0.2) is 5.13 Å². The van der Waals surface area contributed by atoms with Gasteiger partial charge in [0.05, 0.1) is 24.2 Å². The number of urea groups is 1. The van der Waals surface area contributed by atoms with Gasteiger partial charge in [-0.25, -0.2) is 9.78 Å². The summed E-state index contributed by atoms with van der Waals surface area (Å²) >= 11 is 2.70. The molecular weight excluding hydrogens is 298 g/mol. The molecule has 0 saturated carbocycles. The van der Waals surface area contributed by atoms with Crippen molar-refractivity contribution in [2.24, 2.45) is 0 Å². The molecule has 0 fully saturated rings. The Morgan fingerprint density at radius 1 is 1.40 bits per heavy atom. The molecule has 0 spiro atoms. The summed E-state index contributed by atoms with van der Waals surface area (Å²) in [5.41, 5.74) is 0.715. The number of aromatic nitrogens is 1. The van der Waals surface area contributed by atoms with Crippen LogP contribution in [0.15, 0.2) is 17.5 Å². The summed E-state index contributed by atoms with van der Waals surface area (Å²) in [5, 5.41) is 8.42. The van der Waals surface area contributed by atoms with Crippen LogP contribution < -0.4 is 10.6 Å². The van der Waals surface area contributed by atoms with E-state index in [2.05, 4.69) is 20.4 Å². The second kappa shape index (κ2) is 6.49. The molecule has 0 unspecified atom stereocenters. The first-order chi connectivity index (χ1) is 9.58. The molecule has 2 aromatic rings. The van der Waals surface area contributed by atoms with E-state index in [0.717, 1.165) is 9.88 Å². The number of nitrogens with one attached hydrogen (secondary N) is 2. The highest BCUT2D eigenvalue weighted by Gasteiger charge is 2.13. The van der Waals surface area contributed by atoms with Gasteiger partial charge in [-0.3, -0.25) is 15.4 Å². The van der Waals surface area contributed by atoms with Crippen LogP contribution in [0.2, 0.25) is 0 Å². The fourth-order valence-corrected chi connectivity index (χ4v) is 2.99. The summed E-state index contributed by atoms with van der Waals surface area (Å²) in [6.07, 6.45) is 0.161. The van der Waals surface area contributed by atoms with Crippen LogP contribution in [0.1, 0.15) is 10.6 Å². The van der Waals surface area contributed by atoms with Gasteiger partial charge in [0.2, 0.25) is 0 Å². The van der Waals surface area contributed by atoms with Crippen molar-refractivity contribution < 1.29 is 14.3 Å². The molecule has 0 radical (unpaired) electrons. The van der Waals surface area contributed by atoms with Crippen molar-refractivity contribution in [3.8, 4) is 0 Å². The second-order valence-corrected chi connectivity index (χ2v) is 5.87. The maximum Gasteiger partial charge on any atom is 0.326 e. The van der Waals surface area contributed by atoms with Gasteiger partial charge < -0.3 is 4.74 Å². The highest BCUT2D eigenvalue weighted by Crippen LogP contribution is 2.24. The van der Waals surface area contributed by atoms with Gasteiger partial charge in [0.1, 0.15) is 0 Å². The molecule has 20 heavy (non-hydrogen) atoms. The molecule has 8 heteroatoms. The van der Waals surface area contributed by atoms with E-state index in [1.165, 1.54) is 29.8 Å². The van der Waals surface area contributed by atoms with Crippen LogP contribution in [0.4, 0.5) is 14.9 Å². The standard InChI is InChI=1S/C12H13N3O3S2/c1-7-8(6-10(16)18-2)20-12(13-7)15-11(17)14-9-4-3-5-19-9/h3-5H,6H2,1-2H3,(H2,13,14,15,17). The largest absolute Gasteiger partial charge is 0.469 e. The van der Waals surface area contributed by atoms with E-state index in [0.29, 0.717) is 10.8 Å². The zero-order valence-electron chi connectivity index (χ0n) is 10.9. The first kappa shape index (κ1) is 14.5. The number of anilines is 2. The van der Waals surface area contributed by atoms with Crippen molar-refractivity contribution in [1.29, 1.82) is 0 Å². The van der Waals surface area contributed by atoms with Gasteiger partial charge in [-0.1, -0.05) is 0 Å². The Morgan fingerprint density at radius 2 is 2.20 bits per heavy atom. The minimum Gasteiger partial charge on any atom is -0.469 e. The lowest BCUT2D eigenvalue weighted by molar-refractivity contribution is -0.139. The third-order valence-corrected chi connectivity index (χ3v) is 4.26. The third-order valence-electron chi connectivity index (χ3n) is 2.40. The van der Waals surface area contributed by atoms with Crippen LogP contribution in [-0.4, -0.2) is 24.1 Å². The van der Waals surface area contributed by atoms with E-state index >= 15 is 0 Å². The van der Waals surface area contributed by atoms with E-state index in [4.69, 9.17) is 0 Å². The minimum absolute atomic E-state index is 0.161. The normalized spacial score (nSPS) is 10.1. The summed E-state index contributed by atoms with van der Waals surface area (Å²) < 4.78 is 4.61. The lowest BCUT2D eigenvalue weighted by atomic mass is 10.3. The minimum atomic E-state index is -0.356. The molecule has 0 aliphatic rings. The summed E-state index contributed by atoms with van der Waals surface area (Å²) in [7, 11) is 1.34. The molecule has 106 valence electrons. The van der Waals surface area contributed by atoms with Gasteiger partial charge in [0, 0.05) is 4.88 Å². The van der Waals surface area contributed by atoms with E-state index < -0.39 is 0 Å². The summed E-state index contributed by atoms with van der Waals surface area (Å²) in [6, 6.07) is 3.30. The quantitative estimate of drug-likeness (QED) is 0.851. The Hall–Kier alpha value is -1.93. The van der Waals surface area contributed by atoms with E-state index in [1.807, 2.05) is 11.4 Å². The van der Waals surface area contributed by atoms with Gasteiger partial charge in [-0.2, -0.15) is 0 Å². The predicted octanol–water partition coefficient (Wildman–Crippen LogP) is 2.87. The number of thiazole rings is 1. The third kappa shape index (κ3) is 3.78. The smallest absolute Gasteiger partial charge is 0.326 e. The van der Waals surface area contributed by atoms with Crippen molar-refractivity contribution in [3.63, 3.8) is 0 Å². The van der Waals surface area contributed by atoms with E-state index in [-0.39, 0.29) is 18.4 Å². The Bertz CT molecular complexity index is 608. The highest BCUT2D eigenvalue weighted by molar-refractivity contribution is 7.16. The fourth-order valence-electron chi connectivity index (χ4n) is 1.44. The number of nitrogens with zero attached hydrogens (tertiary/aromatic N) is 1. The Labute approximate surface area is 123 Å². The summed E-state index contributed by atoms with van der Waals surface area (Å²) in [5.74, 6) is -0.327. The monoisotopic (exact) mass is 311 g/mol. The summed E-state index contributed by atoms with van der Waals surface area (Å²) in [4.78, 5) is 28.0. The molecule has 2 heterocycles. The lowest BCUT2D eigenvalue weighted by Gasteiger charge is -2.01. The first-order valence-corrected chi connectivity index (χ1v) is 7.42. The molecule has 2 rings (SSSR count). The molecule has 0 aliphatic heterocycles. The van der Waals surface area contributed by atoms with Crippen molar-refractivity contribution in [2.45, 2.75) is 13.3 Å². The maximum absolute atomic E-state index is 11.7. The number of hydrogen-bond acceptors (Lipinski definition) is 6. The number of ether oxygens (including phenoxy) is 1. The van der Waals surface area contributed by atoms with Crippen LogP contribution in [-0.2, 0) is 16.0 Å². The maximum atomic E-state index is 11.7. The molecule has 0 bridgehead atoms. The first-order valence-electron chi connectivity index (χ1n) is 5.73. The van der Waals surface area contributed by atoms with Gasteiger partial charge in [-0.15, -0.1) is 22.7 Å². The van der Waals surface area contributed by atoms with E-state index in [1.54, 1.807) is 13.0 Å². The molecule has 2 amide bonds. The average Bonchev–Trinajstić information content (AvgIpc) is 3.00. The zero-order chi connectivity index (χ0) is 14.5. The molecule has 2 aromatic heterocycles. The predicted molar refractivity (Wildman–Crippen MR) is 79.5 cm³/mol. The summed E-state index contributed by atoms with van der Waals surface area (Å²) in [6.45, 7) is 1.79. The van der Waals surface area contributed by atoms with Crippen LogP contribution >= 0.6 is 22.7 Å². The number of rotatable bonds is 4. The van der Waals surface area contributed by atoms with Crippen LogP contribution in [0.25, 0.3) is 0 Å². The van der Waals surface area contributed by atoms with Gasteiger partial charge in [-0.05, 0) is 24.4 Å². The Kier molecular flexibility index (Phi) is 4.70. The molecular formula is C12H13N3O3S2. The molecule has 0 atom stereocenters. The second-order valence-electron chi connectivity index (χ2n) is 3.84. The number of carbonyl (C=O) groups excluding carboxylic acids is 2. The number of methoxy groups -OCH3 is 1. The number of aryl methyl sites for hydroxylation is 1. The highest BCUT2D eigenvalue weighted by atomic mass is 32.1. The van der Waals surface area contributed by atoms with Crippen molar-refractivity contribution in [1.82, 2.24) is 4.98 Å². The molecule has 6 nitrogen and oxygen atoms in total. The molecule has 0 saturated heterocycles. The zero-order valence-corrected chi connectivity index (χ0v) is 12.6. The molecule has 0 aromatic carbocycles. The van der Waals surface area contributed by atoms with Crippen LogP contribution in [0.3, 0.4) is 0 Å². The number of esters is 1. The van der Waals surface area contributed by atoms with Gasteiger partial charge >= 0.3 is 12.0 Å². The number of amides is 2. The Morgan fingerprint density at radius 3 is 2.85 bits per heavy atom. The van der Waals surface area contributed by atoms with Crippen molar-refractivity contribution in [2.75, 3.05) is 17.7 Å². The lowest BCUT2D eigenvalue weighted by Crippen LogP contribution is -2.18. The van der Waals surface area contributed by atoms with E-state index in [9.17, 15) is 9.59 Å². The topological polar surface area (TPSA) is 80.3 Å².